The van der Waals surface area contributed by atoms with Crippen molar-refractivity contribution in [3.63, 3.8) is 0 Å². The quantitative estimate of drug-likeness (QED) is 0.911. The van der Waals surface area contributed by atoms with Gasteiger partial charge >= 0.3 is 0 Å². The monoisotopic (exact) mass is 312 g/mol. The van der Waals surface area contributed by atoms with Crippen LogP contribution in [0.1, 0.15) is 26.3 Å². The highest BCUT2D eigenvalue weighted by atomic mass is 35.5. The fourth-order valence-corrected chi connectivity index (χ4v) is 2.73. The second-order valence-corrected chi connectivity index (χ2v) is 6.63. The van der Waals surface area contributed by atoms with Crippen LogP contribution in [0.15, 0.2) is 18.2 Å². The lowest BCUT2D eigenvalue weighted by Gasteiger charge is -2.42. The molecule has 21 heavy (non-hydrogen) atoms. The minimum Gasteiger partial charge on any atom is -0.345 e. The Labute approximate surface area is 128 Å². The van der Waals surface area contributed by atoms with Crippen LogP contribution in [-0.4, -0.2) is 29.3 Å². The van der Waals surface area contributed by atoms with Crippen LogP contribution >= 0.6 is 11.6 Å². The normalized spacial score (nSPS) is 19.7. The molecule has 1 heterocycles. The highest BCUT2D eigenvalue weighted by molar-refractivity contribution is 6.30. The summed E-state index contributed by atoms with van der Waals surface area (Å²) in [5.41, 5.74) is -0.144. The number of nitrogens with zero attached hydrogens (tertiary/aromatic N) is 1. The summed E-state index contributed by atoms with van der Waals surface area (Å²) in [6, 6.07) is 4.01. The van der Waals surface area contributed by atoms with Gasteiger partial charge in [-0.3, -0.25) is 9.59 Å². The van der Waals surface area contributed by atoms with Crippen molar-refractivity contribution in [2.75, 3.05) is 6.54 Å². The summed E-state index contributed by atoms with van der Waals surface area (Å²) in [6.45, 7) is 5.58. The number of hydrogen-bond donors (Lipinski definition) is 1. The van der Waals surface area contributed by atoms with Crippen molar-refractivity contribution in [2.45, 2.75) is 33.4 Å². The largest absolute Gasteiger partial charge is 0.345 e. The molecular formula is C15H18ClFN2O2. The fourth-order valence-electron chi connectivity index (χ4n) is 2.54. The van der Waals surface area contributed by atoms with Crippen molar-refractivity contribution >= 4 is 23.4 Å². The molecule has 0 spiro atoms. The van der Waals surface area contributed by atoms with Gasteiger partial charge in [-0.05, 0) is 11.5 Å². The molecule has 0 saturated carbocycles. The van der Waals surface area contributed by atoms with E-state index in [2.05, 4.69) is 5.32 Å². The van der Waals surface area contributed by atoms with E-state index in [-0.39, 0.29) is 29.9 Å². The van der Waals surface area contributed by atoms with E-state index >= 15 is 0 Å². The Morgan fingerprint density at radius 3 is 2.67 bits per heavy atom. The van der Waals surface area contributed by atoms with Crippen molar-refractivity contribution in [1.82, 2.24) is 10.2 Å². The van der Waals surface area contributed by atoms with E-state index in [1.165, 1.54) is 11.0 Å². The Balaban J connectivity index is 2.36. The molecule has 2 amide bonds. The summed E-state index contributed by atoms with van der Waals surface area (Å²) in [4.78, 5) is 25.7. The molecule has 1 atom stereocenters. The van der Waals surface area contributed by atoms with Gasteiger partial charge in [0.25, 0.3) is 0 Å². The predicted molar refractivity (Wildman–Crippen MR) is 78.2 cm³/mol. The first-order valence-corrected chi connectivity index (χ1v) is 7.09. The predicted octanol–water partition coefficient (Wildman–Crippen LogP) is 2.35. The third-order valence-electron chi connectivity index (χ3n) is 3.49. The molecule has 1 aliphatic rings. The molecule has 0 aliphatic carbocycles. The zero-order valence-corrected chi connectivity index (χ0v) is 13.0. The molecule has 4 nitrogen and oxygen atoms in total. The maximum atomic E-state index is 14.0. The first kappa shape index (κ1) is 15.8. The highest BCUT2D eigenvalue weighted by Crippen LogP contribution is 2.29. The van der Waals surface area contributed by atoms with Crippen LogP contribution in [0.4, 0.5) is 4.39 Å². The molecule has 1 saturated heterocycles. The van der Waals surface area contributed by atoms with Crippen LogP contribution in [0.25, 0.3) is 0 Å². The third kappa shape index (κ3) is 3.18. The van der Waals surface area contributed by atoms with E-state index in [4.69, 9.17) is 11.6 Å². The number of piperazine rings is 1. The van der Waals surface area contributed by atoms with Gasteiger partial charge in [0.05, 0.1) is 11.6 Å². The number of carbonyl (C=O) groups is 2. The van der Waals surface area contributed by atoms with E-state index in [1.807, 2.05) is 20.8 Å². The molecule has 1 aromatic carbocycles. The fraction of sp³-hybridized carbons (Fsp3) is 0.467. The van der Waals surface area contributed by atoms with E-state index in [9.17, 15) is 14.0 Å². The molecule has 1 fully saturated rings. The van der Waals surface area contributed by atoms with Crippen LogP contribution in [-0.2, 0) is 16.1 Å². The zero-order chi connectivity index (χ0) is 15.8. The molecule has 1 unspecified atom stereocenters. The van der Waals surface area contributed by atoms with Gasteiger partial charge in [-0.1, -0.05) is 44.5 Å². The summed E-state index contributed by atoms with van der Waals surface area (Å²) < 4.78 is 14.0. The minimum absolute atomic E-state index is 0.00807. The van der Waals surface area contributed by atoms with E-state index in [0.29, 0.717) is 5.56 Å². The minimum atomic E-state index is -0.642. The third-order valence-corrected chi connectivity index (χ3v) is 3.78. The van der Waals surface area contributed by atoms with Crippen molar-refractivity contribution in [2.24, 2.45) is 5.41 Å². The summed E-state index contributed by atoms with van der Waals surface area (Å²) in [5.74, 6) is -0.996. The van der Waals surface area contributed by atoms with Crippen LogP contribution in [0.5, 0.6) is 0 Å². The van der Waals surface area contributed by atoms with Gasteiger partial charge in [0, 0.05) is 12.1 Å². The second-order valence-electron chi connectivity index (χ2n) is 6.22. The SMILES string of the molecule is CC(C)(C)C1C(=O)NCC(=O)N1Cc1cccc(Cl)c1F. The zero-order valence-electron chi connectivity index (χ0n) is 12.2. The van der Waals surface area contributed by atoms with Crippen LogP contribution in [0.2, 0.25) is 5.02 Å². The Morgan fingerprint density at radius 1 is 1.38 bits per heavy atom. The Bertz CT molecular complexity index is 584. The van der Waals surface area contributed by atoms with Gasteiger partial charge in [0.1, 0.15) is 11.9 Å². The number of halogens is 2. The second kappa shape index (κ2) is 5.64. The molecule has 1 aliphatic heterocycles. The smallest absolute Gasteiger partial charge is 0.243 e. The lowest BCUT2D eigenvalue weighted by molar-refractivity contribution is -0.150. The van der Waals surface area contributed by atoms with Gasteiger partial charge in [-0.25, -0.2) is 4.39 Å². The first-order chi connectivity index (χ1) is 9.71. The molecule has 6 heteroatoms. The van der Waals surface area contributed by atoms with E-state index in [1.54, 1.807) is 12.1 Å². The summed E-state index contributed by atoms with van der Waals surface area (Å²) in [7, 11) is 0. The van der Waals surface area contributed by atoms with Gasteiger partial charge in [-0.15, -0.1) is 0 Å². The topological polar surface area (TPSA) is 49.4 Å². The molecule has 0 bridgehead atoms. The van der Waals surface area contributed by atoms with Crippen molar-refractivity contribution in [1.29, 1.82) is 0 Å². The van der Waals surface area contributed by atoms with Gasteiger partial charge < -0.3 is 10.2 Å². The standard InChI is InChI=1S/C15H18ClFN2O2/c1-15(2,3)13-14(21)18-7-11(20)19(13)8-9-5-4-6-10(16)12(9)17/h4-6,13H,7-8H2,1-3H3,(H,18,21). The van der Waals surface area contributed by atoms with E-state index < -0.39 is 17.3 Å². The molecule has 1 N–H and O–H groups in total. The first-order valence-electron chi connectivity index (χ1n) is 6.72. The number of hydrogen-bond acceptors (Lipinski definition) is 2. The van der Waals surface area contributed by atoms with Gasteiger partial charge in [-0.2, -0.15) is 0 Å². The van der Waals surface area contributed by atoms with Crippen molar-refractivity contribution in [3.8, 4) is 0 Å². The number of carbonyl (C=O) groups excluding carboxylic acids is 2. The highest BCUT2D eigenvalue weighted by Gasteiger charge is 2.42. The van der Waals surface area contributed by atoms with Gasteiger partial charge in [0.15, 0.2) is 0 Å². The maximum Gasteiger partial charge on any atom is 0.243 e. The molecule has 1 aromatic rings. The lowest BCUT2D eigenvalue weighted by atomic mass is 9.83. The van der Waals surface area contributed by atoms with Crippen LogP contribution in [0, 0.1) is 11.2 Å². The number of amides is 2. The molecule has 0 radical (unpaired) electrons. The average molecular weight is 313 g/mol. The van der Waals surface area contributed by atoms with Crippen LogP contribution in [0.3, 0.4) is 0 Å². The summed E-state index contributed by atoms with van der Waals surface area (Å²) >= 11 is 5.77. The number of benzene rings is 1. The summed E-state index contributed by atoms with van der Waals surface area (Å²) in [6.07, 6.45) is 0. The van der Waals surface area contributed by atoms with Crippen LogP contribution < -0.4 is 5.32 Å². The maximum absolute atomic E-state index is 14.0. The Morgan fingerprint density at radius 2 is 2.05 bits per heavy atom. The molecular weight excluding hydrogens is 295 g/mol. The number of nitrogens with one attached hydrogen (secondary N) is 1. The summed E-state index contributed by atoms with van der Waals surface area (Å²) in [5, 5.41) is 2.59. The average Bonchev–Trinajstić information content (AvgIpc) is 2.37. The molecule has 0 aromatic heterocycles. The molecule has 114 valence electrons. The lowest BCUT2D eigenvalue weighted by Crippen LogP contribution is -2.62. The van der Waals surface area contributed by atoms with E-state index in [0.717, 1.165) is 0 Å². The Hall–Kier alpha value is -1.62. The van der Waals surface area contributed by atoms with Crippen molar-refractivity contribution < 1.29 is 14.0 Å². The number of rotatable bonds is 2. The van der Waals surface area contributed by atoms with Crippen molar-refractivity contribution in [3.05, 3.63) is 34.6 Å². The Kier molecular flexibility index (Phi) is 4.23. The van der Waals surface area contributed by atoms with Gasteiger partial charge in [0.2, 0.25) is 11.8 Å². The molecule has 2 rings (SSSR count).